The lowest BCUT2D eigenvalue weighted by Crippen LogP contribution is -2.64. The molecule has 1 spiro atoms. The minimum atomic E-state index is -2.41. The molecule has 0 radical (unpaired) electrons. The summed E-state index contributed by atoms with van der Waals surface area (Å²) in [5.41, 5.74) is -4.35. The lowest BCUT2D eigenvalue weighted by Gasteiger charge is -2.35. The number of hydrogen-bond donors (Lipinski definition) is 2. The fourth-order valence-electron chi connectivity index (χ4n) is 2.78. The predicted octanol–water partition coefficient (Wildman–Crippen LogP) is -1.28. The molecule has 0 bridgehead atoms. The van der Waals surface area contributed by atoms with Crippen LogP contribution in [-0.2, 0) is 28.5 Å². The zero-order valence-corrected chi connectivity index (χ0v) is 11.5. The van der Waals surface area contributed by atoms with Gasteiger partial charge in [0.15, 0.2) is 11.9 Å². The van der Waals surface area contributed by atoms with Crippen molar-refractivity contribution in [2.75, 3.05) is 20.8 Å². The lowest BCUT2D eigenvalue weighted by molar-refractivity contribution is -0.259. The van der Waals surface area contributed by atoms with Crippen LogP contribution in [0.2, 0.25) is 0 Å². The van der Waals surface area contributed by atoms with Crippen molar-refractivity contribution in [3.05, 3.63) is 0 Å². The van der Waals surface area contributed by atoms with Crippen LogP contribution in [-0.4, -0.2) is 66.1 Å². The molecule has 2 aliphatic heterocycles. The van der Waals surface area contributed by atoms with Crippen molar-refractivity contribution >= 4 is 11.9 Å². The summed E-state index contributed by atoms with van der Waals surface area (Å²) >= 11 is 0. The van der Waals surface area contributed by atoms with Crippen molar-refractivity contribution in [3.63, 3.8) is 0 Å². The molecule has 2 fully saturated rings. The van der Waals surface area contributed by atoms with Gasteiger partial charge in [0.2, 0.25) is 11.2 Å². The van der Waals surface area contributed by atoms with Crippen molar-refractivity contribution in [3.8, 4) is 0 Å². The molecule has 0 aromatic heterocycles. The highest BCUT2D eigenvalue weighted by molar-refractivity contribution is 5.96. The maximum absolute atomic E-state index is 12.1. The molecule has 0 aromatic carbocycles. The third-order valence-corrected chi connectivity index (χ3v) is 4.08. The normalized spacial score (nSPS) is 43.9. The molecule has 4 atom stereocenters. The second-order valence-electron chi connectivity index (χ2n) is 5.10. The summed E-state index contributed by atoms with van der Waals surface area (Å²) in [5.74, 6) is -3.14. The molecule has 2 rings (SSSR count). The molecule has 2 aliphatic rings. The SMILES string of the molecule is COC(=O)[C@]1(O)[C@@H](CO)OC(=O)[C@@]12CCC(C)(OC)O2. The minimum absolute atomic E-state index is 0.0122. The Kier molecular flexibility index (Phi) is 3.53. The predicted molar refractivity (Wildman–Crippen MR) is 62.4 cm³/mol. The summed E-state index contributed by atoms with van der Waals surface area (Å²) in [6, 6.07) is 0. The number of esters is 2. The molecule has 0 amide bonds. The molecule has 0 saturated carbocycles. The smallest absolute Gasteiger partial charge is 0.345 e. The number of carbonyl (C=O) groups is 2. The number of methoxy groups -OCH3 is 2. The molecule has 8 nitrogen and oxygen atoms in total. The Morgan fingerprint density at radius 3 is 2.55 bits per heavy atom. The maximum Gasteiger partial charge on any atom is 0.345 e. The summed E-state index contributed by atoms with van der Waals surface area (Å²) in [7, 11) is 2.45. The number of cyclic esters (lactones) is 1. The van der Waals surface area contributed by atoms with Gasteiger partial charge >= 0.3 is 11.9 Å². The van der Waals surface area contributed by atoms with Crippen molar-refractivity contribution < 1.29 is 38.7 Å². The van der Waals surface area contributed by atoms with Crippen molar-refractivity contribution in [2.24, 2.45) is 0 Å². The van der Waals surface area contributed by atoms with Gasteiger partial charge in [0.05, 0.1) is 13.7 Å². The van der Waals surface area contributed by atoms with E-state index in [0.717, 1.165) is 7.11 Å². The highest BCUT2D eigenvalue weighted by Gasteiger charge is 2.76. The van der Waals surface area contributed by atoms with Crippen molar-refractivity contribution in [1.29, 1.82) is 0 Å². The molecular weight excluding hydrogens is 272 g/mol. The van der Waals surface area contributed by atoms with Crippen LogP contribution in [0.15, 0.2) is 0 Å². The summed E-state index contributed by atoms with van der Waals surface area (Å²) in [4.78, 5) is 24.1. The molecular formula is C12H18O8. The van der Waals surface area contributed by atoms with Gasteiger partial charge in [0.1, 0.15) is 0 Å². The fraction of sp³-hybridized carbons (Fsp3) is 0.833. The van der Waals surface area contributed by atoms with Gasteiger partial charge in [-0.1, -0.05) is 0 Å². The van der Waals surface area contributed by atoms with E-state index < -0.39 is 41.6 Å². The van der Waals surface area contributed by atoms with Gasteiger partial charge < -0.3 is 29.2 Å². The number of aliphatic hydroxyl groups excluding tert-OH is 1. The van der Waals surface area contributed by atoms with Crippen LogP contribution in [0, 0.1) is 0 Å². The number of hydrogen-bond acceptors (Lipinski definition) is 8. The Hall–Kier alpha value is -1.22. The first-order valence-electron chi connectivity index (χ1n) is 6.17. The lowest BCUT2D eigenvalue weighted by atomic mass is 9.79. The second kappa shape index (κ2) is 4.66. The number of carbonyl (C=O) groups excluding carboxylic acids is 2. The minimum Gasteiger partial charge on any atom is -0.467 e. The molecule has 2 saturated heterocycles. The van der Waals surface area contributed by atoms with Crippen LogP contribution in [0.4, 0.5) is 0 Å². The van der Waals surface area contributed by atoms with Crippen LogP contribution < -0.4 is 0 Å². The first-order valence-corrected chi connectivity index (χ1v) is 6.17. The van der Waals surface area contributed by atoms with E-state index in [2.05, 4.69) is 4.74 Å². The van der Waals surface area contributed by atoms with E-state index in [9.17, 15) is 19.8 Å². The summed E-state index contributed by atoms with van der Waals surface area (Å²) in [6.45, 7) is 0.852. The van der Waals surface area contributed by atoms with Crippen LogP contribution in [0.25, 0.3) is 0 Å². The molecule has 0 aromatic rings. The van der Waals surface area contributed by atoms with Crippen LogP contribution in [0.5, 0.6) is 0 Å². The molecule has 1 unspecified atom stereocenters. The average molecular weight is 290 g/mol. The number of rotatable bonds is 3. The quantitative estimate of drug-likeness (QED) is 0.618. The molecule has 8 heteroatoms. The largest absolute Gasteiger partial charge is 0.467 e. The van der Waals surface area contributed by atoms with Crippen LogP contribution >= 0.6 is 0 Å². The van der Waals surface area contributed by atoms with Gasteiger partial charge in [-0.2, -0.15) is 0 Å². The first-order chi connectivity index (χ1) is 9.29. The van der Waals surface area contributed by atoms with Gasteiger partial charge in [-0.25, -0.2) is 9.59 Å². The standard InChI is InChI=1S/C12H18O8/c1-10(18-3)4-5-11(20-10)8(14)19-7(6-13)12(11,16)9(15)17-2/h7,13,16H,4-6H2,1-3H3/t7-,10?,11+,12-/m1/s1. The molecule has 2 N–H and O–H groups in total. The van der Waals surface area contributed by atoms with E-state index >= 15 is 0 Å². The van der Waals surface area contributed by atoms with Crippen LogP contribution in [0.3, 0.4) is 0 Å². The van der Waals surface area contributed by atoms with Gasteiger partial charge in [-0.15, -0.1) is 0 Å². The molecule has 0 aliphatic carbocycles. The Bertz CT molecular complexity index is 437. The van der Waals surface area contributed by atoms with E-state index in [1.165, 1.54) is 7.11 Å². The second-order valence-corrected chi connectivity index (χ2v) is 5.10. The number of aliphatic hydroxyl groups is 2. The van der Waals surface area contributed by atoms with E-state index in [1.807, 2.05) is 0 Å². The highest BCUT2D eigenvalue weighted by atomic mass is 16.7. The third-order valence-electron chi connectivity index (χ3n) is 4.08. The highest BCUT2D eigenvalue weighted by Crippen LogP contribution is 2.51. The molecule has 2 heterocycles. The fourth-order valence-corrected chi connectivity index (χ4v) is 2.78. The summed E-state index contributed by atoms with van der Waals surface area (Å²) < 4.78 is 20.2. The molecule has 114 valence electrons. The van der Waals surface area contributed by atoms with Crippen molar-refractivity contribution in [1.82, 2.24) is 0 Å². The zero-order chi connectivity index (χ0) is 15.2. The van der Waals surface area contributed by atoms with Gasteiger partial charge in [-0.3, -0.25) is 0 Å². The van der Waals surface area contributed by atoms with Gasteiger partial charge in [0, 0.05) is 13.5 Å². The monoisotopic (exact) mass is 290 g/mol. The third kappa shape index (κ3) is 1.69. The van der Waals surface area contributed by atoms with E-state index in [0.29, 0.717) is 0 Å². The van der Waals surface area contributed by atoms with Gasteiger partial charge in [0.25, 0.3) is 0 Å². The Morgan fingerprint density at radius 2 is 2.10 bits per heavy atom. The van der Waals surface area contributed by atoms with E-state index in [4.69, 9.17) is 14.2 Å². The van der Waals surface area contributed by atoms with Crippen molar-refractivity contribution in [2.45, 2.75) is 42.9 Å². The summed E-state index contributed by atoms with van der Waals surface area (Å²) in [6.07, 6.45) is -1.16. The topological polar surface area (TPSA) is 112 Å². The van der Waals surface area contributed by atoms with E-state index in [-0.39, 0.29) is 12.8 Å². The van der Waals surface area contributed by atoms with Gasteiger partial charge in [-0.05, 0) is 13.3 Å². The average Bonchev–Trinajstić information content (AvgIpc) is 2.91. The number of ether oxygens (including phenoxy) is 4. The Balaban J connectivity index is 2.49. The van der Waals surface area contributed by atoms with E-state index in [1.54, 1.807) is 6.92 Å². The Morgan fingerprint density at radius 1 is 1.45 bits per heavy atom. The van der Waals surface area contributed by atoms with Crippen LogP contribution in [0.1, 0.15) is 19.8 Å². The maximum atomic E-state index is 12.1. The first kappa shape index (κ1) is 15.2. The summed E-state index contributed by atoms with van der Waals surface area (Å²) in [5, 5.41) is 20.0. The molecule has 20 heavy (non-hydrogen) atoms. The zero-order valence-electron chi connectivity index (χ0n) is 11.5. The Labute approximate surface area is 115 Å².